The summed E-state index contributed by atoms with van der Waals surface area (Å²) in [7, 11) is 1.59. The van der Waals surface area contributed by atoms with E-state index in [-0.39, 0.29) is 12.5 Å². The number of nitrogens with zero attached hydrogens (tertiary/aromatic N) is 1. The summed E-state index contributed by atoms with van der Waals surface area (Å²) in [6, 6.07) is 7.37. The predicted molar refractivity (Wildman–Crippen MR) is 73.5 cm³/mol. The van der Waals surface area contributed by atoms with Gasteiger partial charge in [-0.05, 0) is 30.9 Å². The fourth-order valence-corrected chi connectivity index (χ4v) is 2.38. The van der Waals surface area contributed by atoms with Crippen LogP contribution in [0.2, 0.25) is 0 Å². The van der Waals surface area contributed by atoms with Gasteiger partial charge in [-0.15, -0.1) is 0 Å². The second-order valence-corrected chi connectivity index (χ2v) is 5.03. The molecule has 1 heterocycles. The van der Waals surface area contributed by atoms with Gasteiger partial charge >= 0.3 is 0 Å². The van der Waals surface area contributed by atoms with Crippen molar-refractivity contribution in [1.82, 2.24) is 4.90 Å². The highest BCUT2D eigenvalue weighted by atomic mass is 16.5. The number of methoxy groups -OCH3 is 1. The molecule has 1 fully saturated rings. The van der Waals surface area contributed by atoms with Crippen LogP contribution in [0.4, 0.5) is 0 Å². The number of rotatable bonds is 4. The largest absolute Gasteiger partial charge is 0.493 e. The first-order chi connectivity index (χ1) is 9.20. The summed E-state index contributed by atoms with van der Waals surface area (Å²) in [6.45, 7) is 3.94. The lowest BCUT2D eigenvalue weighted by Crippen LogP contribution is -2.41. The zero-order valence-electron chi connectivity index (χ0n) is 11.6. The number of likely N-dealkylation sites (tertiary alicyclic amines) is 1. The molecule has 0 spiro atoms. The summed E-state index contributed by atoms with van der Waals surface area (Å²) in [6.07, 6.45) is 2.29. The van der Waals surface area contributed by atoms with Gasteiger partial charge in [-0.3, -0.25) is 4.79 Å². The lowest BCUT2D eigenvalue weighted by molar-refractivity contribution is -0.135. The van der Waals surface area contributed by atoms with E-state index in [0.29, 0.717) is 17.4 Å². The van der Waals surface area contributed by atoms with Crippen LogP contribution in [0.1, 0.15) is 19.8 Å². The molecule has 1 aliphatic heterocycles. The number of hydrogen-bond acceptors (Lipinski definition) is 3. The number of amides is 1. The quantitative estimate of drug-likeness (QED) is 0.837. The lowest BCUT2D eigenvalue weighted by atomic mass is 10.0. The van der Waals surface area contributed by atoms with Crippen molar-refractivity contribution in [3.05, 3.63) is 24.3 Å². The molecule has 0 radical (unpaired) electrons. The maximum absolute atomic E-state index is 12.1. The summed E-state index contributed by atoms with van der Waals surface area (Å²) in [5, 5.41) is 0. The molecule has 1 atom stereocenters. The van der Waals surface area contributed by atoms with Gasteiger partial charge in [0.25, 0.3) is 5.91 Å². The summed E-state index contributed by atoms with van der Waals surface area (Å²) in [4.78, 5) is 14.0. The van der Waals surface area contributed by atoms with Gasteiger partial charge in [0.15, 0.2) is 18.1 Å². The van der Waals surface area contributed by atoms with Crippen molar-refractivity contribution in [3.63, 3.8) is 0 Å². The van der Waals surface area contributed by atoms with Gasteiger partial charge in [0.2, 0.25) is 0 Å². The molecule has 0 bridgehead atoms. The van der Waals surface area contributed by atoms with Crippen LogP contribution in [0.3, 0.4) is 0 Å². The molecule has 4 heteroatoms. The lowest BCUT2D eigenvalue weighted by Gasteiger charge is -2.30. The number of ether oxygens (including phenoxy) is 2. The molecule has 1 aromatic rings. The molecular formula is C15H21NO3. The highest BCUT2D eigenvalue weighted by Crippen LogP contribution is 2.25. The third-order valence-electron chi connectivity index (χ3n) is 3.43. The predicted octanol–water partition coefficient (Wildman–Crippen LogP) is 2.33. The maximum Gasteiger partial charge on any atom is 0.260 e. The van der Waals surface area contributed by atoms with Crippen LogP contribution in [0.5, 0.6) is 11.5 Å². The summed E-state index contributed by atoms with van der Waals surface area (Å²) in [5.74, 6) is 1.91. The van der Waals surface area contributed by atoms with Crippen molar-refractivity contribution >= 4 is 5.91 Å². The van der Waals surface area contributed by atoms with Gasteiger partial charge in [-0.25, -0.2) is 0 Å². The number of hydrogen-bond donors (Lipinski definition) is 0. The van der Waals surface area contributed by atoms with Gasteiger partial charge in [0.05, 0.1) is 7.11 Å². The number of carbonyl (C=O) groups is 1. The first kappa shape index (κ1) is 13.7. The Hall–Kier alpha value is -1.71. The second-order valence-electron chi connectivity index (χ2n) is 5.03. The zero-order chi connectivity index (χ0) is 13.7. The average molecular weight is 263 g/mol. The minimum atomic E-state index is 0.0532. The van der Waals surface area contributed by atoms with Crippen molar-refractivity contribution in [2.75, 3.05) is 26.8 Å². The number of para-hydroxylation sites is 2. The van der Waals surface area contributed by atoms with E-state index in [4.69, 9.17) is 9.47 Å². The Balaban J connectivity index is 1.89. The van der Waals surface area contributed by atoms with E-state index in [2.05, 4.69) is 6.92 Å². The minimum absolute atomic E-state index is 0.0532. The Kier molecular flexibility index (Phi) is 4.66. The van der Waals surface area contributed by atoms with Crippen molar-refractivity contribution in [2.24, 2.45) is 5.92 Å². The Morgan fingerprint density at radius 1 is 1.37 bits per heavy atom. The molecule has 19 heavy (non-hydrogen) atoms. The highest BCUT2D eigenvalue weighted by molar-refractivity contribution is 5.78. The Morgan fingerprint density at radius 3 is 2.79 bits per heavy atom. The molecule has 1 aliphatic rings. The molecule has 104 valence electrons. The molecule has 4 nitrogen and oxygen atoms in total. The smallest absolute Gasteiger partial charge is 0.260 e. The third-order valence-corrected chi connectivity index (χ3v) is 3.43. The number of piperidine rings is 1. The van der Waals surface area contributed by atoms with Crippen molar-refractivity contribution < 1.29 is 14.3 Å². The summed E-state index contributed by atoms with van der Waals surface area (Å²) >= 11 is 0. The topological polar surface area (TPSA) is 38.8 Å². The monoisotopic (exact) mass is 263 g/mol. The van der Waals surface area contributed by atoms with Crippen LogP contribution >= 0.6 is 0 Å². The van der Waals surface area contributed by atoms with E-state index in [0.717, 1.165) is 19.5 Å². The van der Waals surface area contributed by atoms with Crippen LogP contribution in [0.15, 0.2) is 24.3 Å². The molecule has 1 amide bonds. The molecule has 1 unspecified atom stereocenters. The minimum Gasteiger partial charge on any atom is -0.493 e. The Morgan fingerprint density at radius 2 is 2.11 bits per heavy atom. The fourth-order valence-electron chi connectivity index (χ4n) is 2.38. The second kappa shape index (κ2) is 6.45. The van der Waals surface area contributed by atoms with Gasteiger partial charge in [-0.2, -0.15) is 0 Å². The first-order valence-corrected chi connectivity index (χ1v) is 6.74. The standard InChI is InChI=1S/C15H21NO3/c1-12-6-5-9-16(10-12)15(17)11-19-14-8-4-3-7-13(14)18-2/h3-4,7-8,12H,5-6,9-11H2,1-2H3. The van der Waals surface area contributed by atoms with E-state index in [1.54, 1.807) is 7.11 Å². The van der Waals surface area contributed by atoms with Crippen molar-refractivity contribution in [1.29, 1.82) is 0 Å². The molecule has 0 N–H and O–H groups in total. The number of carbonyl (C=O) groups excluding carboxylic acids is 1. The molecular weight excluding hydrogens is 242 g/mol. The van der Waals surface area contributed by atoms with E-state index >= 15 is 0 Å². The van der Waals surface area contributed by atoms with E-state index in [1.807, 2.05) is 29.2 Å². The molecule has 2 rings (SSSR count). The normalized spacial score (nSPS) is 19.1. The van der Waals surface area contributed by atoms with Crippen molar-refractivity contribution in [3.8, 4) is 11.5 Å². The fraction of sp³-hybridized carbons (Fsp3) is 0.533. The van der Waals surface area contributed by atoms with Gasteiger partial charge < -0.3 is 14.4 Å². The van der Waals surface area contributed by atoms with Crippen molar-refractivity contribution in [2.45, 2.75) is 19.8 Å². The van der Waals surface area contributed by atoms with E-state index < -0.39 is 0 Å². The van der Waals surface area contributed by atoms with Gasteiger partial charge in [0.1, 0.15) is 0 Å². The Labute approximate surface area is 114 Å². The zero-order valence-corrected chi connectivity index (χ0v) is 11.6. The maximum atomic E-state index is 12.1. The van der Waals surface area contributed by atoms with Crippen LogP contribution in [-0.2, 0) is 4.79 Å². The summed E-state index contributed by atoms with van der Waals surface area (Å²) in [5.41, 5.74) is 0. The summed E-state index contributed by atoms with van der Waals surface area (Å²) < 4.78 is 10.8. The third kappa shape index (κ3) is 3.63. The van der Waals surface area contributed by atoms with Crippen LogP contribution in [-0.4, -0.2) is 37.6 Å². The Bertz CT molecular complexity index is 433. The average Bonchev–Trinajstić information content (AvgIpc) is 2.45. The number of benzene rings is 1. The SMILES string of the molecule is COc1ccccc1OCC(=O)N1CCCC(C)C1. The van der Waals surface area contributed by atoms with Crippen LogP contribution in [0, 0.1) is 5.92 Å². The molecule has 0 saturated carbocycles. The van der Waals surface area contributed by atoms with E-state index in [9.17, 15) is 4.79 Å². The highest BCUT2D eigenvalue weighted by Gasteiger charge is 2.21. The van der Waals surface area contributed by atoms with Crippen LogP contribution in [0.25, 0.3) is 0 Å². The molecule has 0 aromatic heterocycles. The molecule has 1 saturated heterocycles. The van der Waals surface area contributed by atoms with Crippen LogP contribution < -0.4 is 9.47 Å². The van der Waals surface area contributed by atoms with Gasteiger partial charge in [0, 0.05) is 13.1 Å². The first-order valence-electron chi connectivity index (χ1n) is 6.74. The molecule has 0 aliphatic carbocycles. The van der Waals surface area contributed by atoms with E-state index in [1.165, 1.54) is 6.42 Å². The van der Waals surface area contributed by atoms with Gasteiger partial charge in [-0.1, -0.05) is 19.1 Å². The molecule has 1 aromatic carbocycles.